The maximum Gasteiger partial charge on any atom is 0.426 e. The Morgan fingerprint density at radius 2 is 2.00 bits per heavy atom. The molecular weight excluding hydrogens is 226 g/mol. The SMILES string of the molecule is Cc1ccc(F)c(OC(CN)C(F)(F)F)c1. The van der Waals surface area contributed by atoms with Crippen LogP contribution in [0.1, 0.15) is 5.56 Å². The van der Waals surface area contributed by atoms with E-state index in [0.29, 0.717) is 5.56 Å². The lowest BCUT2D eigenvalue weighted by molar-refractivity contribution is -0.192. The number of halogens is 4. The maximum atomic E-state index is 13.1. The number of benzene rings is 1. The van der Waals surface area contributed by atoms with Crippen molar-refractivity contribution in [2.45, 2.75) is 19.2 Å². The smallest absolute Gasteiger partial charge is 0.426 e. The number of aryl methyl sites for hydroxylation is 1. The van der Waals surface area contributed by atoms with Gasteiger partial charge in [-0.05, 0) is 24.6 Å². The van der Waals surface area contributed by atoms with Gasteiger partial charge in [-0.25, -0.2) is 4.39 Å². The summed E-state index contributed by atoms with van der Waals surface area (Å²) < 4.78 is 54.6. The molecule has 0 aliphatic heterocycles. The first-order valence-electron chi connectivity index (χ1n) is 4.54. The summed E-state index contributed by atoms with van der Waals surface area (Å²) in [5.41, 5.74) is 5.53. The molecular formula is C10H11F4NO. The molecule has 1 rings (SSSR count). The molecule has 0 aromatic heterocycles. The van der Waals surface area contributed by atoms with E-state index in [1.165, 1.54) is 12.1 Å². The molecule has 1 unspecified atom stereocenters. The van der Waals surface area contributed by atoms with Crippen molar-refractivity contribution in [1.29, 1.82) is 0 Å². The standard InChI is InChI=1S/C10H11F4NO/c1-6-2-3-7(11)8(4-6)16-9(5-15)10(12,13)14/h2-4,9H,5,15H2,1H3. The van der Waals surface area contributed by atoms with Crippen molar-refractivity contribution in [3.05, 3.63) is 29.6 Å². The van der Waals surface area contributed by atoms with Crippen LogP contribution in [-0.4, -0.2) is 18.8 Å². The molecule has 1 aromatic carbocycles. The van der Waals surface area contributed by atoms with E-state index in [2.05, 4.69) is 4.74 Å². The van der Waals surface area contributed by atoms with Gasteiger partial charge in [0.05, 0.1) is 0 Å². The molecule has 90 valence electrons. The predicted molar refractivity (Wildman–Crippen MR) is 50.7 cm³/mol. The van der Waals surface area contributed by atoms with Gasteiger partial charge in [0.25, 0.3) is 0 Å². The summed E-state index contributed by atoms with van der Waals surface area (Å²) in [4.78, 5) is 0. The quantitative estimate of drug-likeness (QED) is 0.819. The highest BCUT2D eigenvalue weighted by Gasteiger charge is 2.41. The van der Waals surface area contributed by atoms with Crippen LogP contribution >= 0.6 is 0 Å². The van der Waals surface area contributed by atoms with E-state index < -0.39 is 30.4 Å². The van der Waals surface area contributed by atoms with Gasteiger partial charge in [0.1, 0.15) is 0 Å². The number of rotatable bonds is 3. The molecule has 6 heteroatoms. The van der Waals surface area contributed by atoms with Crippen molar-refractivity contribution in [1.82, 2.24) is 0 Å². The van der Waals surface area contributed by atoms with Crippen molar-refractivity contribution >= 4 is 0 Å². The van der Waals surface area contributed by atoms with Crippen LogP contribution in [0.5, 0.6) is 5.75 Å². The van der Waals surface area contributed by atoms with E-state index in [0.717, 1.165) is 6.07 Å². The molecule has 0 aliphatic carbocycles. The molecule has 1 atom stereocenters. The number of nitrogens with two attached hydrogens (primary N) is 1. The van der Waals surface area contributed by atoms with Crippen molar-refractivity contribution in [3.63, 3.8) is 0 Å². The van der Waals surface area contributed by atoms with Gasteiger partial charge in [0, 0.05) is 6.54 Å². The van der Waals surface area contributed by atoms with Crippen molar-refractivity contribution in [3.8, 4) is 5.75 Å². The minimum Gasteiger partial charge on any atom is -0.477 e. The summed E-state index contributed by atoms with van der Waals surface area (Å²) in [5, 5.41) is 0. The Kier molecular flexibility index (Phi) is 3.74. The Labute approximate surface area is 90.0 Å². The molecule has 0 radical (unpaired) electrons. The molecule has 1 aromatic rings. The Hall–Kier alpha value is -1.30. The predicted octanol–water partition coefficient (Wildman–Crippen LogP) is 2.40. The minimum absolute atomic E-state index is 0.437. The topological polar surface area (TPSA) is 35.2 Å². The molecule has 0 aliphatic rings. The van der Waals surface area contributed by atoms with Crippen LogP contribution < -0.4 is 10.5 Å². The fourth-order valence-electron chi connectivity index (χ4n) is 1.10. The summed E-state index contributed by atoms with van der Waals surface area (Å²) in [6.45, 7) is 0.869. The van der Waals surface area contributed by atoms with E-state index in [1.54, 1.807) is 6.92 Å². The highest BCUT2D eigenvalue weighted by Crippen LogP contribution is 2.26. The van der Waals surface area contributed by atoms with E-state index >= 15 is 0 Å². The monoisotopic (exact) mass is 237 g/mol. The molecule has 16 heavy (non-hydrogen) atoms. The molecule has 0 bridgehead atoms. The molecule has 0 heterocycles. The Balaban J connectivity index is 2.90. The van der Waals surface area contributed by atoms with Gasteiger partial charge in [-0.1, -0.05) is 6.07 Å². The van der Waals surface area contributed by atoms with Crippen LogP contribution in [0.15, 0.2) is 18.2 Å². The second kappa shape index (κ2) is 4.69. The van der Waals surface area contributed by atoms with Crippen molar-refractivity contribution in [2.75, 3.05) is 6.54 Å². The lowest BCUT2D eigenvalue weighted by Crippen LogP contribution is -2.40. The van der Waals surface area contributed by atoms with Crippen molar-refractivity contribution in [2.24, 2.45) is 5.73 Å². The summed E-state index contributed by atoms with van der Waals surface area (Å²) >= 11 is 0. The molecule has 0 fully saturated rings. The largest absolute Gasteiger partial charge is 0.477 e. The van der Waals surface area contributed by atoms with Crippen molar-refractivity contribution < 1.29 is 22.3 Å². The van der Waals surface area contributed by atoms with Crippen LogP contribution in [-0.2, 0) is 0 Å². The van der Waals surface area contributed by atoms with Crippen LogP contribution in [0.25, 0.3) is 0 Å². The first kappa shape index (κ1) is 12.8. The number of ether oxygens (including phenoxy) is 1. The second-order valence-corrected chi connectivity index (χ2v) is 3.32. The fraction of sp³-hybridized carbons (Fsp3) is 0.400. The zero-order chi connectivity index (χ0) is 12.3. The second-order valence-electron chi connectivity index (χ2n) is 3.32. The van der Waals surface area contributed by atoms with E-state index in [9.17, 15) is 17.6 Å². The highest BCUT2D eigenvalue weighted by atomic mass is 19.4. The van der Waals surface area contributed by atoms with E-state index in [4.69, 9.17) is 5.73 Å². The number of hydrogen-bond acceptors (Lipinski definition) is 2. The van der Waals surface area contributed by atoms with Crippen LogP contribution in [0, 0.1) is 12.7 Å². The summed E-state index contributed by atoms with van der Waals surface area (Å²) in [7, 11) is 0. The zero-order valence-corrected chi connectivity index (χ0v) is 8.51. The highest BCUT2D eigenvalue weighted by molar-refractivity contribution is 5.29. The molecule has 2 N–H and O–H groups in total. The summed E-state index contributed by atoms with van der Waals surface area (Å²) in [6, 6.07) is 3.69. The van der Waals surface area contributed by atoms with E-state index in [1.807, 2.05) is 0 Å². The van der Waals surface area contributed by atoms with Gasteiger partial charge in [0.15, 0.2) is 11.6 Å². The third kappa shape index (κ3) is 3.10. The average Bonchev–Trinajstić information content (AvgIpc) is 2.17. The minimum atomic E-state index is -4.61. The van der Waals surface area contributed by atoms with E-state index in [-0.39, 0.29) is 0 Å². The van der Waals surface area contributed by atoms with Gasteiger partial charge in [-0.2, -0.15) is 13.2 Å². The molecule has 0 saturated carbocycles. The first-order valence-corrected chi connectivity index (χ1v) is 4.54. The average molecular weight is 237 g/mol. The number of alkyl halides is 3. The molecule has 0 saturated heterocycles. The Morgan fingerprint density at radius 1 is 1.38 bits per heavy atom. The van der Waals surface area contributed by atoms with Gasteiger partial charge >= 0.3 is 6.18 Å². The summed E-state index contributed by atoms with van der Waals surface area (Å²) in [6.07, 6.45) is -6.80. The van der Waals surface area contributed by atoms with Gasteiger partial charge < -0.3 is 10.5 Å². The molecule has 2 nitrogen and oxygen atoms in total. The van der Waals surface area contributed by atoms with Gasteiger partial charge in [-0.3, -0.25) is 0 Å². The first-order chi connectivity index (χ1) is 7.34. The van der Waals surface area contributed by atoms with Gasteiger partial charge in [0.2, 0.25) is 6.10 Å². The maximum absolute atomic E-state index is 13.1. The molecule has 0 spiro atoms. The number of hydrogen-bond donors (Lipinski definition) is 1. The zero-order valence-electron chi connectivity index (χ0n) is 8.51. The Bertz CT molecular complexity index is 364. The Morgan fingerprint density at radius 3 is 2.50 bits per heavy atom. The van der Waals surface area contributed by atoms with Crippen LogP contribution in [0.2, 0.25) is 0 Å². The van der Waals surface area contributed by atoms with Crippen LogP contribution in [0.4, 0.5) is 17.6 Å². The summed E-state index contributed by atoms with van der Waals surface area (Å²) in [5.74, 6) is -1.28. The molecule has 0 amide bonds. The normalized spacial score (nSPS) is 13.6. The lowest BCUT2D eigenvalue weighted by Gasteiger charge is -2.20. The lowest BCUT2D eigenvalue weighted by atomic mass is 10.2. The van der Waals surface area contributed by atoms with Crippen LogP contribution in [0.3, 0.4) is 0 Å². The van der Waals surface area contributed by atoms with Gasteiger partial charge in [-0.15, -0.1) is 0 Å². The third-order valence-corrected chi connectivity index (χ3v) is 1.94. The third-order valence-electron chi connectivity index (χ3n) is 1.94. The fourth-order valence-corrected chi connectivity index (χ4v) is 1.10.